The highest BCUT2D eigenvalue weighted by Crippen LogP contribution is 2.30. The molecule has 0 amide bonds. The third kappa shape index (κ3) is 2.99. The summed E-state index contributed by atoms with van der Waals surface area (Å²) in [5.74, 6) is 0.795. The number of aromatic nitrogens is 4. The Morgan fingerprint density at radius 1 is 1.40 bits per heavy atom. The lowest BCUT2D eigenvalue weighted by Crippen LogP contribution is -2.09. The Bertz CT molecular complexity index is 611. The first-order valence-corrected chi connectivity index (χ1v) is 6.11. The van der Waals surface area contributed by atoms with Crippen LogP contribution in [-0.4, -0.2) is 31.2 Å². The quantitative estimate of drug-likeness (QED) is 0.610. The molecule has 2 aromatic rings. The van der Waals surface area contributed by atoms with Gasteiger partial charge in [-0.3, -0.25) is 14.8 Å². The summed E-state index contributed by atoms with van der Waals surface area (Å²) >= 11 is 0. The molecule has 0 aromatic carbocycles. The maximum Gasteiger partial charge on any atom is 0.353 e. The van der Waals surface area contributed by atoms with Crippen LogP contribution in [-0.2, 0) is 7.05 Å². The monoisotopic (exact) mass is 277 g/mol. The Kier molecular flexibility index (Phi) is 4.08. The summed E-state index contributed by atoms with van der Waals surface area (Å²) in [7, 11) is 1.76. The van der Waals surface area contributed by atoms with Crippen molar-refractivity contribution in [2.45, 2.75) is 13.3 Å². The van der Waals surface area contributed by atoms with Gasteiger partial charge in [0.25, 0.3) is 0 Å². The van der Waals surface area contributed by atoms with Crippen LogP contribution in [0.2, 0.25) is 0 Å². The Balaban J connectivity index is 2.33. The molecule has 0 aliphatic carbocycles. The topological polar surface area (TPSA) is 111 Å². The second-order valence-corrected chi connectivity index (χ2v) is 4.10. The fraction of sp³-hybridized carbons (Fsp3) is 0.364. The standard InChI is InChI=1S/C11H15N7O2/c1-3-5-12-10-9(18(19)20)11(14-7-13-10)15-8-4-6-17(2)16-8/h4,6-7H,3,5H2,1-2H3,(H2,12,13,14,15,16). The number of anilines is 3. The number of nitrogens with zero attached hydrogens (tertiary/aromatic N) is 5. The van der Waals surface area contributed by atoms with E-state index in [-0.39, 0.29) is 17.3 Å². The van der Waals surface area contributed by atoms with Crippen molar-refractivity contribution >= 4 is 23.1 Å². The minimum absolute atomic E-state index is 0.113. The predicted molar refractivity (Wildman–Crippen MR) is 74.0 cm³/mol. The van der Waals surface area contributed by atoms with Gasteiger partial charge in [0.1, 0.15) is 6.33 Å². The molecule has 0 fully saturated rings. The van der Waals surface area contributed by atoms with Crippen molar-refractivity contribution in [1.29, 1.82) is 0 Å². The summed E-state index contributed by atoms with van der Waals surface area (Å²) in [6.07, 6.45) is 3.84. The zero-order chi connectivity index (χ0) is 14.5. The summed E-state index contributed by atoms with van der Waals surface area (Å²) in [4.78, 5) is 18.5. The van der Waals surface area contributed by atoms with Gasteiger partial charge in [0.05, 0.1) is 4.92 Å². The van der Waals surface area contributed by atoms with E-state index in [0.29, 0.717) is 12.4 Å². The average Bonchev–Trinajstić information content (AvgIpc) is 2.81. The van der Waals surface area contributed by atoms with Crippen molar-refractivity contribution in [2.24, 2.45) is 7.05 Å². The molecular formula is C11H15N7O2. The van der Waals surface area contributed by atoms with Gasteiger partial charge < -0.3 is 10.6 Å². The first-order chi connectivity index (χ1) is 9.61. The second kappa shape index (κ2) is 5.95. The minimum Gasteiger partial charge on any atom is -0.364 e. The Labute approximate surface area is 115 Å². The molecule has 2 rings (SSSR count). The van der Waals surface area contributed by atoms with E-state index in [9.17, 15) is 10.1 Å². The van der Waals surface area contributed by atoms with E-state index >= 15 is 0 Å². The molecule has 2 N–H and O–H groups in total. The molecule has 0 aliphatic heterocycles. The second-order valence-electron chi connectivity index (χ2n) is 4.10. The van der Waals surface area contributed by atoms with Crippen LogP contribution in [0.3, 0.4) is 0 Å². The van der Waals surface area contributed by atoms with Crippen LogP contribution < -0.4 is 10.6 Å². The van der Waals surface area contributed by atoms with Crippen LogP contribution >= 0.6 is 0 Å². The molecule has 0 saturated carbocycles. The lowest BCUT2D eigenvalue weighted by molar-refractivity contribution is -0.383. The summed E-state index contributed by atoms with van der Waals surface area (Å²) in [6, 6.07) is 1.70. The molecule has 2 heterocycles. The van der Waals surface area contributed by atoms with E-state index in [1.165, 1.54) is 6.33 Å². The van der Waals surface area contributed by atoms with Crippen LogP contribution in [0.1, 0.15) is 13.3 Å². The zero-order valence-corrected chi connectivity index (χ0v) is 11.2. The predicted octanol–water partition coefficient (Wildman–Crippen LogP) is 1.68. The third-order valence-electron chi connectivity index (χ3n) is 2.51. The third-order valence-corrected chi connectivity index (χ3v) is 2.51. The number of rotatable bonds is 6. The van der Waals surface area contributed by atoms with Crippen LogP contribution in [0, 0.1) is 10.1 Å². The molecule has 0 aliphatic rings. The fourth-order valence-electron chi connectivity index (χ4n) is 1.62. The molecule has 0 radical (unpaired) electrons. The molecule has 2 aromatic heterocycles. The normalized spacial score (nSPS) is 10.3. The summed E-state index contributed by atoms with van der Waals surface area (Å²) in [5.41, 5.74) is -0.188. The largest absolute Gasteiger partial charge is 0.364 e. The van der Waals surface area contributed by atoms with Crippen molar-refractivity contribution in [2.75, 3.05) is 17.2 Å². The first kappa shape index (κ1) is 13.7. The van der Waals surface area contributed by atoms with Gasteiger partial charge in [0.15, 0.2) is 5.82 Å². The van der Waals surface area contributed by atoms with Gasteiger partial charge in [0.2, 0.25) is 11.6 Å². The van der Waals surface area contributed by atoms with Gasteiger partial charge in [-0.15, -0.1) is 0 Å². The maximum atomic E-state index is 11.2. The lowest BCUT2D eigenvalue weighted by atomic mass is 10.4. The van der Waals surface area contributed by atoms with Crippen molar-refractivity contribution in [1.82, 2.24) is 19.7 Å². The molecule has 0 saturated heterocycles. The zero-order valence-electron chi connectivity index (χ0n) is 11.2. The summed E-state index contributed by atoms with van der Waals surface area (Å²) < 4.78 is 1.59. The van der Waals surface area contributed by atoms with Crippen molar-refractivity contribution < 1.29 is 4.92 Å². The average molecular weight is 277 g/mol. The van der Waals surface area contributed by atoms with Crippen molar-refractivity contribution in [3.8, 4) is 0 Å². The molecule has 106 valence electrons. The molecule has 9 nitrogen and oxygen atoms in total. The highest BCUT2D eigenvalue weighted by atomic mass is 16.6. The van der Waals surface area contributed by atoms with Gasteiger partial charge in [-0.1, -0.05) is 6.92 Å². The molecule has 0 spiro atoms. The van der Waals surface area contributed by atoms with Gasteiger partial charge in [-0.2, -0.15) is 5.10 Å². The van der Waals surface area contributed by atoms with Crippen molar-refractivity contribution in [3.05, 3.63) is 28.7 Å². The highest BCUT2D eigenvalue weighted by Gasteiger charge is 2.23. The molecule has 0 atom stereocenters. The van der Waals surface area contributed by atoms with E-state index in [4.69, 9.17) is 0 Å². The van der Waals surface area contributed by atoms with E-state index in [0.717, 1.165) is 6.42 Å². The van der Waals surface area contributed by atoms with Gasteiger partial charge in [0, 0.05) is 25.9 Å². The van der Waals surface area contributed by atoms with Crippen molar-refractivity contribution in [3.63, 3.8) is 0 Å². The van der Waals surface area contributed by atoms with Crippen LogP contribution in [0.4, 0.5) is 23.1 Å². The SMILES string of the molecule is CCCNc1ncnc(Nc2ccn(C)n2)c1[N+](=O)[O-]. The molecule has 0 bridgehead atoms. The number of nitrogens with one attached hydrogen (secondary N) is 2. The van der Waals surface area contributed by atoms with E-state index < -0.39 is 4.92 Å². The molecule has 9 heteroatoms. The Hall–Kier alpha value is -2.71. The number of hydrogen-bond donors (Lipinski definition) is 2. The fourth-order valence-corrected chi connectivity index (χ4v) is 1.62. The molecule has 0 unspecified atom stereocenters. The van der Waals surface area contributed by atoms with Crippen LogP contribution in [0.15, 0.2) is 18.6 Å². The van der Waals surface area contributed by atoms with Crippen LogP contribution in [0.25, 0.3) is 0 Å². The van der Waals surface area contributed by atoms with Gasteiger partial charge in [-0.05, 0) is 6.42 Å². The van der Waals surface area contributed by atoms with E-state index in [2.05, 4.69) is 25.7 Å². The lowest BCUT2D eigenvalue weighted by Gasteiger charge is -2.07. The van der Waals surface area contributed by atoms with Crippen LogP contribution in [0.5, 0.6) is 0 Å². The first-order valence-electron chi connectivity index (χ1n) is 6.11. The summed E-state index contributed by atoms with van der Waals surface area (Å²) in [5, 5.41) is 21.1. The maximum absolute atomic E-state index is 11.2. The van der Waals surface area contributed by atoms with Gasteiger partial charge >= 0.3 is 5.69 Å². The van der Waals surface area contributed by atoms with E-state index in [1.54, 1.807) is 24.0 Å². The Morgan fingerprint density at radius 2 is 2.15 bits per heavy atom. The Morgan fingerprint density at radius 3 is 2.75 bits per heavy atom. The van der Waals surface area contributed by atoms with Gasteiger partial charge in [-0.25, -0.2) is 9.97 Å². The summed E-state index contributed by atoms with van der Waals surface area (Å²) in [6.45, 7) is 2.56. The smallest absolute Gasteiger partial charge is 0.353 e. The molecular weight excluding hydrogens is 262 g/mol. The minimum atomic E-state index is -0.511. The number of aryl methyl sites for hydroxylation is 1. The molecule has 20 heavy (non-hydrogen) atoms. The number of hydrogen-bond acceptors (Lipinski definition) is 7. The van der Waals surface area contributed by atoms with E-state index in [1.807, 2.05) is 6.92 Å². The number of nitro groups is 1. The highest BCUT2D eigenvalue weighted by molar-refractivity contribution is 5.72.